The lowest BCUT2D eigenvalue weighted by Gasteiger charge is -2.17. The van der Waals surface area contributed by atoms with Gasteiger partial charge in [-0.2, -0.15) is 5.10 Å². The molecule has 8 nitrogen and oxygen atoms in total. The molecule has 23 heavy (non-hydrogen) atoms. The Morgan fingerprint density at radius 1 is 1.22 bits per heavy atom. The van der Waals surface area contributed by atoms with Crippen LogP contribution < -0.4 is 5.32 Å². The minimum absolute atomic E-state index is 0.243. The topological polar surface area (TPSA) is 122 Å². The van der Waals surface area contributed by atoms with E-state index in [-0.39, 0.29) is 17.7 Å². The fourth-order valence-electron chi connectivity index (χ4n) is 2.15. The van der Waals surface area contributed by atoms with Gasteiger partial charge in [0.2, 0.25) is 0 Å². The molecular formula is C15H15N3O5. The predicted octanol–water partition coefficient (Wildman–Crippen LogP) is 1.06. The maximum Gasteiger partial charge on any atom is 0.339 e. The number of amides is 1. The van der Waals surface area contributed by atoms with Crippen molar-refractivity contribution >= 4 is 17.8 Å². The zero-order chi connectivity index (χ0) is 17.0. The summed E-state index contributed by atoms with van der Waals surface area (Å²) in [6.07, 6.45) is 0.886. The second-order valence-corrected chi connectivity index (χ2v) is 4.90. The number of carbonyl (C=O) groups is 3. The number of carboxylic acids is 2. The number of benzene rings is 1. The number of aryl methyl sites for hydroxylation is 1. The van der Waals surface area contributed by atoms with Crippen LogP contribution in [0.2, 0.25) is 0 Å². The number of hydrogen-bond acceptors (Lipinski definition) is 4. The Bertz CT molecular complexity index is 739. The van der Waals surface area contributed by atoms with E-state index in [4.69, 9.17) is 10.2 Å². The Morgan fingerprint density at radius 3 is 2.43 bits per heavy atom. The van der Waals surface area contributed by atoms with Gasteiger partial charge >= 0.3 is 11.9 Å². The van der Waals surface area contributed by atoms with Gasteiger partial charge in [-0.3, -0.25) is 14.3 Å². The fourth-order valence-corrected chi connectivity index (χ4v) is 2.15. The van der Waals surface area contributed by atoms with Crippen LogP contribution in [0.4, 0.5) is 0 Å². The molecule has 0 radical (unpaired) electrons. The molecule has 0 aliphatic rings. The fraction of sp³-hybridized carbons (Fsp3) is 0.200. The number of hydrogen-bond donors (Lipinski definition) is 3. The zero-order valence-electron chi connectivity index (χ0n) is 12.3. The van der Waals surface area contributed by atoms with Gasteiger partial charge in [0.1, 0.15) is 5.56 Å². The van der Waals surface area contributed by atoms with Crippen LogP contribution in [-0.2, 0) is 11.8 Å². The molecular weight excluding hydrogens is 302 g/mol. The predicted molar refractivity (Wildman–Crippen MR) is 79.1 cm³/mol. The molecule has 2 aromatic rings. The molecule has 1 atom stereocenters. The van der Waals surface area contributed by atoms with Crippen molar-refractivity contribution in [1.29, 1.82) is 0 Å². The number of rotatable bonds is 6. The minimum atomic E-state index is -1.28. The lowest BCUT2D eigenvalue weighted by molar-refractivity contribution is -0.137. The Kier molecular flexibility index (Phi) is 4.75. The highest BCUT2D eigenvalue weighted by Crippen LogP contribution is 2.18. The highest BCUT2D eigenvalue weighted by molar-refractivity contribution is 6.03. The largest absolute Gasteiger partial charge is 0.481 e. The van der Waals surface area contributed by atoms with Gasteiger partial charge < -0.3 is 15.5 Å². The molecule has 0 aliphatic heterocycles. The van der Waals surface area contributed by atoms with E-state index in [9.17, 15) is 14.4 Å². The first-order chi connectivity index (χ1) is 10.9. The van der Waals surface area contributed by atoms with E-state index in [0.717, 1.165) is 0 Å². The highest BCUT2D eigenvalue weighted by atomic mass is 16.4. The number of aromatic carboxylic acids is 1. The molecule has 1 amide bonds. The molecule has 3 N–H and O–H groups in total. The van der Waals surface area contributed by atoms with Crippen LogP contribution in [0.25, 0.3) is 0 Å². The Labute approximate surface area is 131 Å². The number of carboxylic acid groups (broad SMARTS) is 2. The second-order valence-electron chi connectivity index (χ2n) is 4.90. The summed E-state index contributed by atoms with van der Waals surface area (Å²) in [6.45, 7) is 0. The van der Waals surface area contributed by atoms with Crippen LogP contribution in [-0.4, -0.2) is 37.8 Å². The number of aliphatic carboxylic acids is 1. The number of aromatic nitrogens is 2. The number of nitrogens with one attached hydrogen (secondary N) is 1. The standard InChI is InChI=1S/C15H15N3O5/c1-18-8-10(15(22)23)13(17-18)14(21)16-11(7-12(19)20)9-5-3-2-4-6-9/h2-6,8,11H,7H2,1H3,(H,16,21)(H,19,20)(H,22,23)/t11-/m0/s1. The maximum atomic E-state index is 12.3. The maximum absolute atomic E-state index is 12.3. The van der Waals surface area contributed by atoms with E-state index in [1.165, 1.54) is 17.9 Å². The summed E-state index contributed by atoms with van der Waals surface area (Å²) < 4.78 is 1.22. The second kappa shape index (κ2) is 6.73. The number of carbonyl (C=O) groups excluding carboxylic acids is 1. The van der Waals surface area contributed by atoms with E-state index < -0.39 is 23.9 Å². The molecule has 0 spiro atoms. The van der Waals surface area contributed by atoms with Gasteiger partial charge in [0.15, 0.2) is 5.69 Å². The van der Waals surface area contributed by atoms with E-state index in [1.807, 2.05) is 0 Å². The van der Waals surface area contributed by atoms with E-state index in [0.29, 0.717) is 5.56 Å². The van der Waals surface area contributed by atoms with Crippen molar-refractivity contribution in [1.82, 2.24) is 15.1 Å². The average molecular weight is 317 g/mol. The molecule has 2 rings (SSSR count). The van der Waals surface area contributed by atoms with Crippen molar-refractivity contribution in [3.63, 3.8) is 0 Å². The molecule has 8 heteroatoms. The Hall–Kier alpha value is -3.16. The monoisotopic (exact) mass is 317 g/mol. The first-order valence-corrected chi connectivity index (χ1v) is 6.73. The molecule has 1 aromatic carbocycles. The van der Waals surface area contributed by atoms with Gasteiger partial charge in [-0.1, -0.05) is 30.3 Å². The molecule has 1 aromatic heterocycles. The van der Waals surface area contributed by atoms with Gasteiger partial charge in [-0.15, -0.1) is 0 Å². The first kappa shape index (κ1) is 16.2. The van der Waals surface area contributed by atoms with Crippen LogP contribution in [0.3, 0.4) is 0 Å². The molecule has 0 fully saturated rings. The zero-order valence-corrected chi connectivity index (χ0v) is 12.3. The van der Waals surface area contributed by atoms with Crippen LogP contribution in [0.5, 0.6) is 0 Å². The average Bonchev–Trinajstić information content (AvgIpc) is 2.89. The summed E-state index contributed by atoms with van der Waals surface area (Å²) in [5.41, 5.74) is 0.106. The number of nitrogens with zero attached hydrogens (tertiary/aromatic N) is 2. The van der Waals surface area contributed by atoms with Crippen molar-refractivity contribution in [3.8, 4) is 0 Å². The SMILES string of the molecule is Cn1cc(C(=O)O)c(C(=O)N[C@@H](CC(=O)O)c2ccccc2)n1. The van der Waals surface area contributed by atoms with Gasteiger partial charge in [0.25, 0.3) is 5.91 Å². The quantitative estimate of drug-likeness (QED) is 0.732. The van der Waals surface area contributed by atoms with E-state index >= 15 is 0 Å². The molecule has 0 bridgehead atoms. The highest BCUT2D eigenvalue weighted by Gasteiger charge is 2.25. The van der Waals surface area contributed by atoms with Crippen molar-refractivity contribution in [3.05, 3.63) is 53.3 Å². The van der Waals surface area contributed by atoms with E-state index in [2.05, 4.69) is 10.4 Å². The lowest BCUT2D eigenvalue weighted by atomic mass is 10.0. The normalized spacial score (nSPS) is 11.7. The van der Waals surface area contributed by atoms with Crippen molar-refractivity contribution in [2.24, 2.45) is 7.05 Å². The van der Waals surface area contributed by atoms with Crippen molar-refractivity contribution in [2.45, 2.75) is 12.5 Å². The summed E-state index contributed by atoms with van der Waals surface area (Å²) in [7, 11) is 1.50. The van der Waals surface area contributed by atoms with Crippen LogP contribution in [0, 0.1) is 0 Å². The van der Waals surface area contributed by atoms with Crippen molar-refractivity contribution < 1.29 is 24.6 Å². The smallest absolute Gasteiger partial charge is 0.339 e. The lowest BCUT2D eigenvalue weighted by Crippen LogP contribution is -2.31. The van der Waals surface area contributed by atoms with Gasteiger partial charge in [0, 0.05) is 13.2 Å². The molecule has 0 aliphatic carbocycles. The Balaban J connectivity index is 2.28. The van der Waals surface area contributed by atoms with Gasteiger partial charge in [-0.25, -0.2) is 4.79 Å². The third-order valence-electron chi connectivity index (χ3n) is 3.16. The molecule has 0 saturated carbocycles. The first-order valence-electron chi connectivity index (χ1n) is 6.73. The van der Waals surface area contributed by atoms with Crippen LogP contribution >= 0.6 is 0 Å². The molecule has 0 saturated heterocycles. The summed E-state index contributed by atoms with van der Waals surface area (Å²) in [4.78, 5) is 34.5. The summed E-state index contributed by atoms with van der Waals surface area (Å²) in [6, 6.07) is 7.80. The van der Waals surface area contributed by atoms with Gasteiger partial charge in [0.05, 0.1) is 12.5 Å². The van der Waals surface area contributed by atoms with Crippen molar-refractivity contribution in [2.75, 3.05) is 0 Å². The summed E-state index contributed by atoms with van der Waals surface area (Å²) >= 11 is 0. The molecule has 0 unspecified atom stereocenters. The minimum Gasteiger partial charge on any atom is -0.481 e. The third kappa shape index (κ3) is 3.94. The van der Waals surface area contributed by atoms with Crippen LogP contribution in [0.15, 0.2) is 36.5 Å². The van der Waals surface area contributed by atoms with E-state index in [1.54, 1.807) is 30.3 Å². The molecule has 1 heterocycles. The molecule has 120 valence electrons. The van der Waals surface area contributed by atoms with Gasteiger partial charge in [-0.05, 0) is 5.56 Å². The Morgan fingerprint density at radius 2 is 1.87 bits per heavy atom. The van der Waals surface area contributed by atoms with Crippen LogP contribution in [0.1, 0.15) is 38.9 Å². The summed E-state index contributed by atoms with van der Waals surface area (Å²) in [5.74, 6) is -3.10. The summed E-state index contributed by atoms with van der Waals surface area (Å²) in [5, 5.41) is 24.5. The third-order valence-corrected chi connectivity index (χ3v) is 3.16.